The molecule has 6 heteroatoms. The third-order valence-electron chi connectivity index (χ3n) is 3.19. The topological polar surface area (TPSA) is 83.5 Å². The number of carbonyl (C=O) groups is 1. The summed E-state index contributed by atoms with van der Waals surface area (Å²) in [7, 11) is -3.71. The molecular formula is C10H19NO4S. The van der Waals surface area contributed by atoms with Gasteiger partial charge in [0.1, 0.15) is 0 Å². The van der Waals surface area contributed by atoms with Gasteiger partial charge < -0.3 is 5.11 Å². The lowest BCUT2D eigenvalue weighted by Gasteiger charge is -2.13. The molecule has 1 aliphatic carbocycles. The van der Waals surface area contributed by atoms with E-state index in [1.54, 1.807) is 0 Å². The summed E-state index contributed by atoms with van der Waals surface area (Å²) in [5, 5.41) is 7.25. The summed E-state index contributed by atoms with van der Waals surface area (Å²) in [4.78, 5) is 10.6. The van der Waals surface area contributed by atoms with Crippen molar-refractivity contribution in [3.05, 3.63) is 0 Å². The first-order valence-electron chi connectivity index (χ1n) is 5.54. The molecule has 3 unspecified atom stereocenters. The average molecular weight is 249 g/mol. The highest BCUT2D eigenvalue weighted by molar-refractivity contribution is 7.90. The van der Waals surface area contributed by atoms with E-state index in [4.69, 9.17) is 5.11 Å². The maximum atomic E-state index is 11.5. The molecule has 94 valence electrons. The van der Waals surface area contributed by atoms with Gasteiger partial charge in [0.05, 0.1) is 0 Å². The summed E-state index contributed by atoms with van der Waals surface area (Å²) in [5.41, 5.74) is 0. The van der Waals surface area contributed by atoms with Crippen molar-refractivity contribution < 1.29 is 18.3 Å². The third-order valence-corrected chi connectivity index (χ3v) is 4.89. The minimum atomic E-state index is -3.71. The normalized spacial score (nSPS) is 27.9. The first kappa shape index (κ1) is 13.4. The van der Waals surface area contributed by atoms with Crippen LogP contribution in [0.1, 0.15) is 33.1 Å². The van der Waals surface area contributed by atoms with Crippen LogP contribution in [0, 0.1) is 11.8 Å². The van der Waals surface area contributed by atoms with Gasteiger partial charge in [0.25, 0.3) is 0 Å². The third kappa shape index (κ3) is 3.45. The summed E-state index contributed by atoms with van der Waals surface area (Å²) in [6.07, 6.45) is 3.16. The molecule has 0 saturated heterocycles. The highest BCUT2D eigenvalue weighted by atomic mass is 32.2. The Labute approximate surface area is 96.3 Å². The van der Waals surface area contributed by atoms with E-state index in [1.807, 2.05) is 0 Å². The second-order valence-electron chi connectivity index (χ2n) is 4.66. The van der Waals surface area contributed by atoms with Crippen molar-refractivity contribution >= 4 is 16.0 Å². The number of carboxylic acids is 1. The van der Waals surface area contributed by atoms with Crippen molar-refractivity contribution in [2.75, 3.05) is 6.54 Å². The lowest BCUT2D eigenvalue weighted by atomic mass is 10.1. The Morgan fingerprint density at radius 2 is 2.12 bits per heavy atom. The molecule has 0 aromatic carbocycles. The number of aliphatic carboxylic acids is 1. The van der Waals surface area contributed by atoms with Crippen LogP contribution in [0.4, 0.5) is 0 Å². The zero-order valence-corrected chi connectivity index (χ0v) is 10.5. The molecule has 0 spiro atoms. The molecule has 1 rings (SSSR count). The van der Waals surface area contributed by atoms with Crippen LogP contribution in [0.3, 0.4) is 0 Å². The Morgan fingerprint density at radius 3 is 2.56 bits per heavy atom. The van der Waals surface area contributed by atoms with E-state index < -0.39 is 21.2 Å². The lowest BCUT2D eigenvalue weighted by Crippen LogP contribution is -2.39. The van der Waals surface area contributed by atoms with E-state index in [9.17, 15) is 13.2 Å². The number of nitrogens with one attached hydrogen (secondary N) is 1. The molecule has 3 atom stereocenters. The van der Waals surface area contributed by atoms with E-state index in [0.717, 1.165) is 19.3 Å². The van der Waals surface area contributed by atoms with Crippen LogP contribution in [0.15, 0.2) is 0 Å². The van der Waals surface area contributed by atoms with Gasteiger partial charge in [-0.15, -0.1) is 0 Å². The summed E-state index contributed by atoms with van der Waals surface area (Å²) in [5.74, 6) is -0.315. The largest absolute Gasteiger partial charge is 0.480 e. The standard InChI is InChI=1S/C10H19NO4S/c1-7-3-4-9(5-7)6-11-16(14,15)8(2)10(12)13/h7-9,11H,3-6H2,1-2H3,(H,12,13). The number of hydrogen-bond donors (Lipinski definition) is 2. The predicted octanol–water partition coefficient (Wildman–Crippen LogP) is 0.815. The molecule has 0 heterocycles. The van der Waals surface area contributed by atoms with Crippen LogP contribution in [-0.2, 0) is 14.8 Å². The van der Waals surface area contributed by atoms with E-state index in [2.05, 4.69) is 11.6 Å². The fourth-order valence-corrected chi connectivity index (χ4v) is 2.99. The molecule has 0 radical (unpaired) electrons. The van der Waals surface area contributed by atoms with Gasteiger partial charge in [-0.2, -0.15) is 0 Å². The van der Waals surface area contributed by atoms with Crippen molar-refractivity contribution in [3.8, 4) is 0 Å². The van der Waals surface area contributed by atoms with E-state index in [1.165, 1.54) is 6.92 Å². The van der Waals surface area contributed by atoms with Gasteiger partial charge in [-0.1, -0.05) is 13.3 Å². The van der Waals surface area contributed by atoms with Crippen molar-refractivity contribution in [2.24, 2.45) is 11.8 Å². The van der Waals surface area contributed by atoms with Gasteiger partial charge in [0.15, 0.2) is 5.25 Å². The van der Waals surface area contributed by atoms with Crippen LogP contribution in [0.2, 0.25) is 0 Å². The SMILES string of the molecule is CC1CCC(CNS(=O)(=O)C(C)C(=O)O)C1. The molecule has 0 bridgehead atoms. The molecule has 1 saturated carbocycles. The molecule has 0 amide bonds. The van der Waals surface area contributed by atoms with Gasteiger partial charge in [-0.25, -0.2) is 13.1 Å². The van der Waals surface area contributed by atoms with E-state index >= 15 is 0 Å². The van der Waals surface area contributed by atoms with Crippen LogP contribution >= 0.6 is 0 Å². The van der Waals surface area contributed by atoms with Crippen LogP contribution in [0.5, 0.6) is 0 Å². The number of carboxylic acid groups (broad SMARTS) is 1. The molecule has 1 aliphatic rings. The minimum absolute atomic E-state index is 0.353. The molecule has 1 fully saturated rings. The van der Waals surface area contributed by atoms with Gasteiger partial charge in [-0.05, 0) is 31.6 Å². The Morgan fingerprint density at radius 1 is 1.50 bits per heavy atom. The van der Waals surface area contributed by atoms with E-state index in [0.29, 0.717) is 18.4 Å². The van der Waals surface area contributed by atoms with Crippen molar-refractivity contribution in [1.29, 1.82) is 0 Å². The zero-order valence-electron chi connectivity index (χ0n) is 9.64. The molecule has 5 nitrogen and oxygen atoms in total. The van der Waals surface area contributed by atoms with Crippen LogP contribution < -0.4 is 4.72 Å². The molecule has 0 aromatic heterocycles. The Bertz CT molecular complexity index is 352. The summed E-state index contributed by atoms with van der Waals surface area (Å²) in [6.45, 7) is 3.70. The number of sulfonamides is 1. The van der Waals surface area contributed by atoms with Crippen LogP contribution in [-0.4, -0.2) is 31.3 Å². The summed E-state index contributed by atoms with van der Waals surface area (Å²) in [6, 6.07) is 0. The number of rotatable bonds is 5. The van der Waals surface area contributed by atoms with E-state index in [-0.39, 0.29) is 0 Å². The Kier molecular flexibility index (Phi) is 4.32. The fourth-order valence-electron chi connectivity index (χ4n) is 2.00. The maximum absolute atomic E-state index is 11.5. The number of hydrogen-bond acceptors (Lipinski definition) is 3. The average Bonchev–Trinajstić information content (AvgIpc) is 2.60. The first-order valence-corrected chi connectivity index (χ1v) is 7.09. The minimum Gasteiger partial charge on any atom is -0.480 e. The van der Waals surface area contributed by atoms with Gasteiger partial charge in [0.2, 0.25) is 10.0 Å². The van der Waals surface area contributed by atoms with Gasteiger partial charge in [0, 0.05) is 6.54 Å². The van der Waals surface area contributed by atoms with Crippen LogP contribution in [0.25, 0.3) is 0 Å². The highest BCUT2D eigenvalue weighted by Gasteiger charge is 2.29. The van der Waals surface area contributed by atoms with Crippen molar-refractivity contribution in [2.45, 2.75) is 38.4 Å². The van der Waals surface area contributed by atoms with Crippen molar-refractivity contribution in [3.63, 3.8) is 0 Å². The molecule has 0 aliphatic heterocycles. The molecular weight excluding hydrogens is 230 g/mol. The molecule has 2 N–H and O–H groups in total. The quantitative estimate of drug-likeness (QED) is 0.755. The molecule has 0 aromatic rings. The Hall–Kier alpha value is -0.620. The first-order chi connectivity index (χ1) is 7.33. The van der Waals surface area contributed by atoms with Gasteiger partial charge in [-0.3, -0.25) is 4.79 Å². The summed E-state index contributed by atoms with van der Waals surface area (Å²) >= 11 is 0. The second kappa shape index (κ2) is 5.14. The fraction of sp³-hybridized carbons (Fsp3) is 0.900. The Balaban J connectivity index is 2.45. The summed E-state index contributed by atoms with van der Waals surface area (Å²) < 4.78 is 25.4. The van der Waals surface area contributed by atoms with Gasteiger partial charge >= 0.3 is 5.97 Å². The predicted molar refractivity (Wildman–Crippen MR) is 60.5 cm³/mol. The smallest absolute Gasteiger partial charge is 0.323 e. The highest BCUT2D eigenvalue weighted by Crippen LogP contribution is 2.29. The lowest BCUT2D eigenvalue weighted by molar-refractivity contribution is -0.136. The zero-order chi connectivity index (χ0) is 12.3. The van der Waals surface area contributed by atoms with Crippen molar-refractivity contribution in [1.82, 2.24) is 4.72 Å². The molecule has 16 heavy (non-hydrogen) atoms. The monoisotopic (exact) mass is 249 g/mol. The maximum Gasteiger partial charge on any atom is 0.323 e. The second-order valence-corrected chi connectivity index (χ2v) is 6.74.